The van der Waals surface area contributed by atoms with Gasteiger partial charge >= 0.3 is 0 Å². The number of rotatable bonds is 8. The number of halogens is 1. The number of hydrogen-bond acceptors (Lipinski definition) is 4. The molecule has 0 atom stereocenters. The first-order valence-electron chi connectivity index (χ1n) is 7.64. The number of primary sulfonamides is 1. The highest BCUT2D eigenvalue weighted by atomic mass is 79.9. The zero-order valence-corrected chi connectivity index (χ0v) is 15.9. The van der Waals surface area contributed by atoms with Crippen molar-refractivity contribution >= 4 is 26.0 Å². The van der Waals surface area contributed by atoms with Crippen molar-refractivity contribution in [3.63, 3.8) is 0 Å². The lowest BCUT2D eigenvalue weighted by atomic mass is 10.1. The molecule has 0 aromatic heterocycles. The number of benzene rings is 2. The Morgan fingerprint density at radius 2 is 1.79 bits per heavy atom. The summed E-state index contributed by atoms with van der Waals surface area (Å²) in [5.41, 5.74) is 2.22. The summed E-state index contributed by atoms with van der Waals surface area (Å²) >= 11 is 3.50. The Labute approximate surface area is 151 Å². The topological polar surface area (TPSA) is 81.4 Å². The minimum absolute atomic E-state index is 0.137. The summed E-state index contributed by atoms with van der Waals surface area (Å²) < 4.78 is 28.8. The van der Waals surface area contributed by atoms with Crippen molar-refractivity contribution in [3.8, 4) is 5.75 Å². The molecule has 0 saturated carbocycles. The average Bonchev–Trinajstić information content (AvgIpc) is 2.54. The van der Waals surface area contributed by atoms with E-state index in [-0.39, 0.29) is 4.90 Å². The van der Waals surface area contributed by atoms with E-state index in [1.165, 1.54) is 12.1 Å². The highest BCUT2D eigenvalue weighted by molar-refractivity contribution is 9.10. The zero-order valence-electron chi connectivity index (χ0n) is 13.5. The van der Waals surface area contributed by atoms with Crippen LogP contribution >= 0.6 is 15.9 Å². The predicted molar refractivity (Wildman–Crippen MR) is 98.5 cm³/mol. The molecule has 5 nitrogen and oxygen atoms in total. The van der Waals surface area contributed by atoms with Gasteiger partial charge in [-0.2, -0.15) is 0 Å². The molecule has 0 radical (unpaired) electrons. The molecule has 0 bridgehead atoms. The summed E-state index contributed by atoms with van der Waals surface area (Å²) in [5, 5.41) is 8.45. The molecule has 7 heteroatoms. The minimum Gasteiger partial charge on any atom is -0.493 e. The van der Waals surface area contributed by atoms with Crippen molar-refractivity contribution in [2.75, 3.05) is 13.2 Å². The van der Waals surface area contributed by atoms with Crippen molar-refractivity contribution in [1.29, 1.82) is 0 Å². The van der Waals surface area contributed by atoms with E-state index < -0.39 is 10.0 Å². The van der Waals surface area contributed by atoms with Crippen LogP contribution in [0.4, 0.5) is 0 Å². The molecule has 0 amide bonds. The normalized spacial score (nSPS) is 11.5. The first-order chi connectivity index (χ1) is 11.4. The van der Waals surface area contributed by atoms with E-state index in [9.17, 15) is 8.42 Å². The molecule has 130 valence electrons. The van der Waals surface area contributed by atoms with Crippen LogP contribution < -0.4 is 15.2 Å². The summed E-state index contributed by atoms with van der Waals surface area (Å²) in [6.45, 7) is 4.14. The zero-order chi connectivity index (χ0) is 17.6. The Hall–Kier alpha value is -1.41. The van der Waals surface area contributed by atoms with Crippen LogP contribution in [0.15, 0.2) is 51.8 Å². The van der Waals surface area contributed by atoms with Gasteiger partial charge in [0.25, 0.3) is 0 Å². The smallest absolute Gasteiger partial charge is 0.238 e. The second kappa shape index (κ2) is 8.62. The molecule has 24 heavy (non-hydrogen) atoms. The first kappa shape index (κ1) is 18.9. The van der Waals surface area contributed by atoms with Crippen LogP contribution in [0.25, 0.3) is 0 Å². The molecule has 0 unspecified atom stereocenters. The van der Waals surface area contributed by atoms with E-state index in [4.69, 9.17) is 9.88 Å². The van der Waals surface area contributed by atoms with Crippen LogP contribution in [0, 0.1) is 0 Å². The minimum atomic E-state index is -3.62. The van der Waals surface area contributed by atoms with E-state index in [1.807, 2.05) is 25.1 Å². The third-order valence-electron chi connectivity index (χ3n) is 3.47. The van der Waals surface area contributed by atoms with Crippen LogP contribution in [0.3, 0.4) is 0 Å². The van der Waals surface area contributed by atoms with Crippen molar-refractivity contribution < 1.29 is 13.2 Å². The number of sulfonamides is 1. The van der Waals surface area contributed by atoms with Crippen molar-refractivity contribution in [3.05, 3.63) is 58.1 Å². The molecule has 0 spiro atoms. The van der Waals surface area contributed by atoms with Gasteiger partial charge in [-0.15, -0.1) is 0 Å². The molecule has 0 fully saturated rings. The van der Waals surface area contributed by atoms with E-state index in [0.717, 1.165) is 40.9 Å². The SMILES string of the molecule is CCOc1ccc(CNCCc2ccc(S(N)(=O)=O)cc2)cc1Br. The van der Waals surface area contributed by atoms with Crippen LogP contribution in [-0.2, 0) is 23.0 Å². The standard InChI is InChI=1S/C17H21BrN2O3S/c1-2-23-17-8-5-14(11-16(17)18)12-20-10-9-13-3-6-15(7-4-13)24(19,21)22/h3-8,11,20H,2,9-10,12H2,1H3,(H2,19,21,22). The van der Waals surface area contributed by atoms with Crippen LogP contribution in [0.1, 0.15) is 18.1 Å². The van der Waals surface area contributed by atoms with Crippen molar-refractivity contribution in [2.24, 2.45) is 5.14 Å². The summed E-state index contributed by atoms with van der Waals surface area (Å²) in [6.07, 6.45) is 0.809. The van der Waals surface area contributed by atoms with Gasteiger partial charge in [0.1, 0.15) is 5.75 Å². The van der Waals surface area contributed by atoms with E-state index in [1.54, 1.807) is 12.1 Å². The maximum absolute atomic E-state index is 11.2. The van der Waals surface area contributed by atoms with Gasteiger partial charge in [0, 0.05) is 6.54 Å². The fourth-order valence-corrected chi connectivity index (χ4v) is 3.29. The average molecular weight is 413 g/mol. The Morgan fingerprint density at radius 3 is 2.38 bits per heavy atom. The summed E-state index contributed by atoms with van der Waals surface area (Å²) in [7, 11) is -3.62. The van der Waals surface area contributed by atoms with Crippen molar-refractivity contribution in [2.45, 2.75) is 24.8 Å². The van der Waals surface area contributed by atoms with Crippen LogP contribution in [0.5, 0.6) is 5.75 Å². The first-order valence-corrected chi connectivity index (χ1v) is 9.97. The van der Waals surface area contributed by atoms with Gasteiger partial charge in [-0.05, 0) is 71.2 Å². The highest BCUT2D eigenvalue weighted by Crippen LogP contribution is 2.25. The molecular weight excluding hydrogens is 392 g/mol. The van der Waals surface area contributed by atoms with E-state index >= 15 is 0 Å². The van der Waals surface area contributed by atoms with Crippen LogP contribution in [-0.4, -0.2) is 21.6 Å². The number of nitrogens with one attached hydrogen (secondary N) is 1. The molecule has 0 aliphatic heterocycles. The largest absolute Gasteiger partial charge is 0.493 e. The van der Waals surface area contributed by atoms with Crippen LogP contribution in [0.2, 0.25) is 0 Å². The summed E-state index contributed by atoms with van der Waals surface area (Å²) in [4.78, 5) is 0.137. The van der Waals surface area contributed by atoms with Crippen molar-refractivity contribution in [1.82, 2.24) is 5.32 Å². The molecule has 3 N–H and O–H groups in total. The number of ether oxygens (including phenoxy) is 1. The van der Waals surface area contributed by atoms with E-state index in [0.29, 0.717) is 6.61 Å². The lowest BCUT2D eigenvalue weighted by Gasteiger charge is -2.09. The number of nitrogens with two attached hydrogens (primary N) is 1. The lowest BCUT2D eigenvalue weighted by molar-refractivity contribution is 0.338. The van der Waals surface area contributed by atoms with E-state index in [2.05, 4.69) is 21.2 Å². The highest BCUT2D eigenvalue weighted by Gasteiger charge is 2.06. The molecule has 0 aliphatic carbocycles. The Balaban J connectivity index is 1.81. The van der Waals surface area contributed by atoms with Gasteiger partial charge in [-0.25, -0.2) is 13.6 Å². The second-order valence-corrected chi connectivity index (χ2v) is 7.73. The molecular formula is C17H21BrN2O3S. The molecule has 0 saturated heterocycles. The maximum atomic E-state index is 11.2. The van der Waals surface area contributed by atoms with Gasteiger partial charge in [-0.1, -0.05) is 18.2 Å². The predicted octanol–water partition coefficient (Wildman–Crippen LogP) is 2.83. The fourth-order valence-electron chi connectivity index (χ4n) is 2.24. The quantitative estimate of drug-likeness (QED) is 0.653. The molecule has 2 aromatic rings. The Kier molecular flexibility index (Phi) is 6.79. The molecule has 2 rings (SSSR count). The van der Waals surface area contributed by atoms with Gasteiger partial charge < -0.3 is 10.1 Å². The summed E-state index contributed by atoms with van der Waals surface area (Å²) in [6, 6.07) is 12.7. The van der Waals surface area contributed by atoms with Gasteiger partial charge in [-0.3, -0.25) is 0 Å². The van der Waals surface area contributed by atoms with Gasteiger partial charge in [0.05, 0.1) is 16.0 Å². The lowest BCUT2D eigenvalue weighted by Crippen LogP contribution is -2.17. The Bertz CT molecular complexity index is 777. The third kappa shape index (κ3) is 5.59. The fraction of sp³-hybridized carbons (Fsp3) is 0.294. The third-order valence-corrected chi connectivity index (χ3v) is 5.02. The Morgan fingerprint density at radius 1 is 1.12 bits per heavy atom. The number of hydrogen-bond donors (Lipinski definition) is 2. The molecule has 0 aliphatic rings. The monoisotopic (exact) mass is 412 g/mol. The maximum Gasteiger partial charge on any atom is 0.238 e. The van der Waals surface area contributed by atoms with Gasteiger partial charge in [0.2, 0.25) is 10.0 Å². The molecule has 2 aromatic carbocycles. The second-order valence-electron chi connectivity index (χ2n) is 5.31. The summed E-state index contributed by atoms with van der Waals surface area (Å²) in [5.74, 6) is 0.844. The molecule has 0 heterocycles. The van der Waals surface area contributed by atoms with Gasteiger partial charge in [0.15, 0.2) is 0 Å².